The molecule has 0 spiro atoms. The number of carbonyl (C=O) groups is 1. The molecule has 0 unspecified atom stereocenters. The summed E-state index contributed by atoms with van der Waals surface area (Å²) in [5.74, 6) is 4.78. The molecule has 0 saturated heterocycles. The number of anilines is 1. The lowest BCUT2D eigenvalue weighted by Gasteiger charge is -2.10. The number of fused-ring (bicyclic) bond motifs is 1. The van der Waals surface area contributed by atoms with Gasteiger partial charge in [-0.05, 0) is 36.3 Å². The van der Waals surface area contributed by atoms with Gasteiger partial charge >= 0.3 is 5.97 Å². The monoisotopic (exact) mass is 408 g/mol. The van der Waals surface area contributed by atoms with Gasteiger partial charge in [0.25, 0.3) is 10.0 Å². The van der Waals surface area contributed by atoms with Gasteiger partial charge in [-0.2, -0.15) is 4.89 Å². The number of hydrogen-bond acceptors (Lipinski definition) is 6. The zero-order valence-corrected chi connectivity index (χ0v) is 15.3. The highest BCUT2D eigenvalue weighted by atomic mass is 35.5. The van der Waals surface area contributed by atoms with E-state index in [9.17, 15) is 13.2 Å². The van der Waals surface area contributed by atoms with Gasteiger partial charge in [-0.1, -0.05) is 17.5 Å². The second-order valence-corrected chi connectivity index (χ2v) is 7.52. The summed E-state index contributed by atoms with van der Waals surface area (Å²) in [6, 6.07) is 7.20. The van der Waals surface area contributed by atoms with Gasteiger partial charge in [-0.25, -0.2) is 13.4 Å². The maximum absolute atomic E-state index is 12.7. The van der Waals surface area contributed by atoms with Crippen molar-refractivity contribution < 1.29 is 28.1 Å². The third-order valence-electron chi connectivity index (χ3n) is 3.48. The van der Waals surface area contributed by atoms with Crippen molar-refractivity contribution in [3.63, 3.8) is 0 Å². The first-order valence-corrected chi connectivity index (χ1v) is 9.54. The molecule has 27 heavy (non-hydrogen) atoms. The molecule has 0 amide bonds. The van der Waals surface area contributed by atoms with Crippen molar-refractivity contribution in [3.8, 4) is 17.6 Å². The van der Waals surface area contributed by atoms with Crippen LogP contribution in [0.25, 0.3) is 0 Å². The molecule has 1 aromatic carbocycles. The SMILES string of the molecule is O=C(O)CCC#Cc1nc(Cl)ccc1NS(=O)(=O)c1ccc2c(c1)COO2. The van der Waals surface area contributed by atoms with Crippen molar-refractivity contribution >= 4 is 33.3 Å². The average molecular weight is 409 g/mol. The van der Waals surface area contributed by atoms with Crippen LogP contribution in [-0.4, -0.2) is 24.5 Å². The lowest BCUT2D eigenvalue weighted by Crippen LogP contribution is -2.14. The van der Waals surface area contributed by atoms with E-state index in [-0.39, 0.29) is 40.9 Å². The van der Waals surface area contributed by atoms with E-state index in [4.69, 9.17) is 26.5 Å². The summed E-state index contributed by atoms with van der Waals surface area (Å²) in [6.45, 7) is 0.154. The highest BCUT2D eigenvalue weighted by Crippen LogP contribution is 2.29. The molecule has 0 saturated carbocycles. The summed E-state index contributed by atoms with van der Waals surface area (Å²) < 4.78 is 27.8. The topological polar surface area (TPSA) is 115 Å². The van der Waals surface area contributed by atoms with Crippen molar-refractivity contribution in [2.75, 3.05) is 4.72 Å². The van der Waals surface area contributed by atoms with E-state index in [2.05, 4.69) is 21.5 Å². The number of sulfonamides is 1. The summed E-state index contributed by atoms with van der Waals surface area (Å²) in [6.07, 6.45) is -0.0333. The first-order chi connectivity index (χ1) is 12.8. The van der Waals surface area contributed by atoms with Gasteiger partial charge < -0.3 is 9.99 Å². The third-order valence-corrected chi connectivity index (χ3v) is 5.06. The number of hydrogen-bond donors (Lipinski definition) is 2. The molecule has 3 rings (SSSR count). The van der Waals surface area contributed by atoms with Gasteiger partial charge in [0.2, 0.25) is 0 Å². The fourth-order valence-electron chi connectivity index (χ4n) is 2.21. The molecule has 140 valence electrons. The minimum Gasteiger partial charge on any atom is -0.481 e. The molecule has 2 aromatic rings. The third kappa shape index (κ3) is 4.68. The maximum Gasteiger partial charge on any atom is 0.304 e. The quantitative estimate of drug-likeness (QED) is 0.444. The number of pyridine rings is 1. The zero-order chi connectivity index (χ0) is 19.4. The number of halogens is 1. The second kappa shape index (κ2) is 7.84. The number of benzene rings is 1. The smallest absolute Gasteiger partial charge is 0.304 e. The Hall–Kier alpha value is -2.80. The van der Waals surface area contributed by atoms with Gasteiger partial charge in [-0.3, -0.25) is 9.52 Å². The highest BCUT2D eigenvalue weighted by Gasteiger charge is 2.21. The molecule has 2 heterocycles. The number of carboxylic acids is 1. The summed E-state index contributed by atoms with van der Waals surface area (Å²) in [7, 11) is -3.92. The van der Waals surface area contributed by atoms with Crippen LogP contribution in [0.15, 0.2) is 35.2 Å². The van der Waals surface area contributed by atoms with Crippen LogP contribution in [0.2, 0.25) is 5.15 Å². The fourth-order valence-corrected chi connectivity index (χ4v) is 3.47. The van der Waals surface area contributed by atoms with Gasteiger partial charge in [-0.15, -0.1) is 0 Å². The van der Waals surface area contributed by atoms with Gasteiger partial charge in [0.05, 0.1) is 17.0 Å². The number of rotatable bonds is 5. The molecule has 0 fully saturated rings. The molecule has 1 aromatic heterocycles. The van der Waals surface area contributed by atoms with Crippen LogP contribution in [0.3, 0.4) is 0 Å². The van der Waals surface area contributed by atoms with Crippen molar-refractivity contribution in [1.29, 1.82) is 0 Å². The van der Waals surface area contributed by atoms with Crippen molar-refractivity contribution in [2.24, 2.45) is 0 Å². The largest absolute Gasteiger partial charge is 0.481 e. The predicted octanol–water partition coefficient (Wildman–Crippen LogP) is 2.58. The average Bonchev–Trinajstić information content (AvgIpc) is 3.08. The molecule has 1 aliphatic rings. The van der Waals surface area contributed by atoms with Crippen LogP contribution in [-0.2, 0) is 26.3 Å². The molecule has 0 bridgehead atoms. The van der Waals surface area contributed by atoms with Crippen LogP contribution in [0.1, 0.15) is 24.1 Å². The van der Waals surface area contributed by atoms with Crippen LogP contribution in [0.4, 0.5) is 5.69 Å². The van der Waals surface area contributed by atoms with Crippen LogP contribution in [0, 0.1) is 11.8 Å². The van der Waals surface area contributed by atoms with Gasteiger partial charge in [0.15, 0.2) is 5.75 Å². The van der Waals surface area contributed by atoms with Gasteiger partial charge in [0, 0.05) is 12.0 Å². The molecule has 1 aliphatic heterocycles. The highest BCUT2D eigenvalue weighted by molar-refractivity contribution is 7.92. The second-order valence-electron chi connectivity index (χ2n) is 5.45. The Balaban J connectivity index is 1.87. The first-order valence-electron chi connectivity index (χ1n) is 7.67. The molecule has 2 N–H and O–H groups in total. The Morgan fingerprint density at radius 3 is 2.93 bits per heavy atom. The lowest BCUT2D eigenvalue weighted by atomic mass is 10.2. The molecule has 0 atom stereocenters. The minimum absolute atomic E-state index is 0.0232. The van der Waals surface area contributed by atoms with Crippen molar-refractivity contribution in [2.45, 2.75) is 24.3 Å². The minimum atomic E-state index is -3.92. The van der Waals surface area contributed by atoms with E-state index in [1.807, 2.05) is 0 Å². The molecular weight excluding hydrogens is 396 g/mol. The van der Waals surface area contributed by atoms with E-state index in [0.29, 0.717) is 11.3 Å². The number of nitrogens with one attached hydrogen (secondary N) is 1. The van der Waals surface area contributed by atoms with Crippen molar-refractivity contribution in [3.05, 3.63) is 46.7 Å². The van der Waals surface area contributed by atoms with E-state index < -0.39 is 16.0 Å². The Kier molecular flexibility index (Phi) is 5.51. The zero-order valence-electron chi connectivity index (χ0n) is 13.7. The normalized spacial score (nSPS) is 12.5. The Labute approximate surface area is 160 Å². The van der Waals surface area contributed by atoms with Gasteiger partial charge in [0.1, 0.15) is 17.5 Å². The molecule has 0 aliphatic carbocycles. The number of aliphatic carboxylic acids is 1. The summed E-state index contributed by atoms with van der Waals surface area (Å²) in [4.78, 5) is 24.3. The van der Waals surface area contributed by atoms with E-state index >= 15 is 0 Å². The standard InChI is InChI=1S/C17H13ClN2O6S/c18-16-8-6-14(13(19-16)3-1-2-4-17(21)22)20-27(23,24)12-5-7-15-11(9-12)10-25-26-15/h5-9,20H,2,4,10H2,(H,21,22). The lowest BCUT2D eigenvalue weighted by molar-refractivity contribution is -0.194. The van der Waals surface area contributed by atoms with Crippen molar-refractivity contribution in [1.82, 2.24) is 4.98 Å². The van der Waals surface area contributed by atoms with E-state index in [1.165, 1.54) is 30.3 Å². The molecule has 8 nitrogen and oxygen atoms in total. The summed E-state index contributed by atoms with van der Waals surface area (Å²) in [5, 5.41) is 8.77. The van der Waals surface area contributed by atoms with Crippen LogP contribution < -0.4 is 9.61 Å². The predicted molar refractivity (Wildman–Crippen MR) is 95.7 cm³/mol. The van der Waals surface area contributed by atoms with Crippen LogP contribution >= 0.6 is 11.6 Å². The first kappa shape index (κ1) is 19.0. The number of carboxylic acid groups (broad SMARTS) is 1. The molecule has 10 heteroatoms. The van der Waals surface area contributed by atoms with E-state index in [0.717, 1.165) is 0 Å². The Morgan fingerprint density at radius 1 is 1.33 bits per heavy atom. The van der Waals surface area contributed by atoms with E-state index in [1.54, 1.807) is 0 Å². The number of aromatic nitrogens is 1. The Bertz CT molecular complexity index is 1060. The summed E-state index contributed by atoms with van der Waals surface area (Å²) >= 11 is 5.85. The maximum atomic E-state index is 12.7. The summed E-state index contributed by atoms with van der Waals surface area (Å²) in [5.41, 5.74) is 0.848. The van der Waals surface area contributed by atoms with Crippen LogP contribution in [0.5, 0.6) is 5.75 Å². The Morgan fingerprint density at radius 2 is 2.15 bits per heavy atom. The molecular formula is C17H13ClN2O6S. The molecule has 0 radical (unpaired) electrons. The number of nitrogens with zero attached hydrogens (tertiary/aromatic N) is 1. The fraction of sp³-hybridized carbons (Fsp3) is 0.176.